The predicted molar refractivity (Wildman–Crippen MR) is 116 cm³/mol. The van der Waals surface area contributed by atoms with E-state index < -0.39 is 31.0 Å². The number of anilines is 1. The van der Waals surface area contributed by atoms with Crippen molar-refractivity contribution in [3.63, 3.8) is 0 Å². The molecule has 0 fully saturated rings. The number of ketones is 1. The monoisotopic (exact) mass is 432 g/mol. The number of hydrogen-bond acceptors (Lipinski definition) is 6. The van der Waals surface area contributed by atoms with E-state index in [0.29, 0.717) is 28.1 Å². The fraction of sp³-hybridized carbons (Fsp3) is 0.0833. The van der Waals surface area contributed by atoms with Crippen molar-refractivity contribution >= 4 is 29.3 Å². The summed E-state index contributed by atoms with van der Waals surface area (Å²) in [5.41, 5.74) is 6.96. The average molecular weight is 432 g/mol. The maximum atomic E-state index is 12.4. The molecule has 0 bridgehead atoms. The second-order valence-corrected chi connectivity index (χ2v) is 6.66. The Hall–Kier alpha value is -4.46. The second kappa shape index (κ2) is 10.5. The van der Waals surface area contributed by atoms with Crippen LogP contribution in [-0.2, 0) is 14.3 Å². The molecule has 0 radical (unpaired) electrons. The zero-order valence-corrected chi connectivity index (χ0v) is 16.9. The largest absolute Gasteiger partial charge is 0.482 e. The number of primary amides is 1. The van der Waals surface area contributed by atoms with Gasteiger partial charge in [-0.05, 0) is 48.5 Å². The molecule has 0 aromatic heterocycles. The highest BCUT2D eigenvalue weighted by Crippen LogP contribution is 2.15. The standard InChI is InChI=1S/C24H20N2O6/c25-24(30)18-6-10-19(11-7-18)26-21(27)14-32-22(28)15-31-20-12-8-17(9-13-20)23(29)16-4-2-1-3-5-16/h1-13H,14-15H2,(H2,25,30)(H,26,27). The molecular formula is C24H20N2O6. The fourth-order valence-electron chi connectivity index (χ4n) is 2.70. The van der Waals surface area contributed by atoms with E-state index in [1.165, 1.54) is 24.3 Å². The van der Waals surface area contributed by atoms with E-state index in [2.05, 4.69) is 5.32 Å². The van der Waals surface area contributed by atoms with E-state index in [9.17, 15) is 19.2 Å². The Morgan fingerprint density at radius 2 is 1.31 bits per heavy atom. The van der Waals surface area contributed by atoms with Crippen LogP contribution in [0.2, 0.25) is 0 Å². The Bertz CT molecular complexity index is 1110. The van der Waals surface area contributed by atoms with Gasteiger partial charge in [-0.1, -0.05) is 30.3 Å². The molecule has 3 N–H and O–H groups in total. The maximum absolute atomic E-state index is 12.4. The van der Waals surface area contributed by atoms with E-state index >= 15 is 0 Å². The molecule has 0 spiro atoms. The molecular weight excluding hydrogens is 412 g/mol. The highest BCUT2D eigenvalue weighted by atomic mass is 16.6. The summed E-state index contributed by atoms with van der Waals surface area (Å²) in [6.07, 6.45) is 0. The lowest BCUT2D eigenvalue weighted by Gasteiger charge is -2.09. The van der Waals surface area contributed by atoms with Crippen LogP contribution in [0.25, 0.3) is 0 Å². The molecule has 0 unspecified atom stereocenters. The van der Waals surface area contributed by atoms with Gasteiger partial charge in [-0.25, -0.2) is 4.79 Å². The topological polar surface area (TPSA) is 125 Å². The molecule has 0 atom stereocenters. The smallest absolute Gasteiger partial charge is 0.344 e. The van der Waals surface area contributed by atoms with Gasteiger partial charge in [0, 0.05) is 22.4 Å². The third kappa shape index (κ3) is 6.27. The fourth-order valence-corrected chi connectivity index (χ4v) is 2.70. The summed E-state index contributed by atoms with van der Waals surface area (Å²) < 4.78 is 10.2. The Morgan fingerprint density at radius 3 is 1.94 bits per heavy atom. The third-order valence-electron chi connectivity index (χ3n) is 4.33. The average Bonchev–Trinajstić information content (AvgIpc) is 2.82. The quantitative estimate of drug-likeness (QED) is 0.396. The van der Waals surface area contributed by atoms with Crippen molar-refractivity contribution in [2.75, 3.05) is 18.5 Å². The predicted octanol–water partition coefficient (Wildman–Crippen LogP) is 2.58. The van der Waals surface area contributed by atoms with E-state index in [4.69, 9.17) is 15.2 Å². The second-order valence-electron chi connectivity index (χ2n) is 6.66. The molecule has 162 valence electrons. The first-order chi connectivity index (χ1) is 15.4. The summed E-state index contributed by atoms with van der Waals surface area (Å²) in [5, 5.41) is 2.53. The van der Waals surface area contributed by atoms with Crippen molar-refractivity contribution in [1.29, 1.82) is 0 Å². The van der Waals surface area contributed by atoms with Gasteiger partial charge in [-0.15, -0.1) is 0 Å². The first-order valence-corrected chi connectivity index (χ1v) is 9.60. The molecule has 8 nitrogen and oxygen atoms in total. The van der Waals surface area contributed by atoms with Gasteiger partial charge >= 0.3 is 5.97 Å². The van der Waals surface area contributed by atoms with Crippen LogP contribution in [0.4, 0.5) is 5.69 Å². The van der Waals surface area contributed by atoms with Gasteiger partial charge in [0.05, 0.1) is 0 Å². The lowest BCUT2D eigenvalue weighted by atomic mass is 10.0. The lowest BCUT2D eigenvalue weighted by molar-refractivity contribution is -0.149. The van der Waals surface area contributed by atoms with Crippen LogP contribution in [0.15, 0.2) is 78.9 Å². The Morgan fingerprint density at radius 1 is 0.719 bits per heavy atom. The number of hydrogen-bond donors (Lipinski definition) is 2. The van der Waals surface area contributed by atoms with Gasteiger partial charge in [0.15, 0.2) is 19.0 Å². The van der Waals surface area contributed by atoms with E-state index in [1.54, 1.807) is 48.5 Å². The summed E-state index contributed by atoms with van der Waals surface area (Å²) >= 11 is 0. The van der Waals surface area contributed by atoms with E-state index in [0.717, 1.165) is 0 Å². The minimum atomic E-state index is -0.728. The number of esters is 1. The molecule has 3 aromatic rings. The molecule has 2 amide bonds. The molecule has 3 rings (SSSR count). The molecule has 3 aromatic carbocycles. The van der Waals surface area contributed by atoms with Crippen molar-refractivity contribution in [3.05, 3.63) is 95.6 Å². The van der Waals surface area contributed by atoms with Crippen molar-refractivity contribution in [2.45, 2.75) is 0 Å². The van der Waals surface area contributed by atoms with Crippen LogP contribution in [0.5, 0.6) is 5.75 Å². The molecule has 0 saturated carbocycles. The molecule has 0 aliphatic carbocycles. The molecule has 0 aliphatic rings. The van der Waals surface area contributed by atoms with Crippen LogP contribution in [0.3, 0.4) is 0 Å². The number of ether oxygens (including phenoxy) is 2. The Kier molecular flexibility index (Phi) is 7.32. The zero-order valence-electron chi connectivity index (χ0n) is 16.9. The SMILES string of the molecule is NC(=O)c1ccc(NC(=O)COC(=O)COc2ccc(C(=O)c3ccccc3)cc2)cc1. The number of benzene rings is 3. The van der Waals surface area contributed by atoms with Gasteiger partial charge in [0.1, 0.15) is 5.75 Å². The van der Waals surface area contributed by atoms with Crippen molar-refractivity contribution in [2.24, 2.45) is 5.73 Å². The van der Waals surface area contributed by atoms with Crippen LogP contribution >= 0.6 is 0 Å². The number of nitrogens with one attached hydrogen (secondary N) is 1. The number of amides is 2. The van der Waals surface area contributed by atoms with Crippen LogP contribution in [0.1, 0.15) is 26.3 Å². The molecule has 0 saturated heterocycles. The highest BCUT2D eigenvalue weighted by Gasteiger charge is 2.11. The van der Waals surface area contributed by atoms with Crippen molar-refractivity contribution in [1.82, 2.24) is 0 Å². The van der Waals surface area contributed by atoms with Crippen molar-refractivity contribution in [3.8, 4) is 5.75 Å². The van der Waals surface area contributed by atoms with E-state index in [-0.39, 0.29) is 5.78 Å². The summed E-state index contributed by atoms with van der Waals surface area (Å²) in [6, 6.07) is 21.2. The first-order valence-electron chi connectivity index (χ1n) is 9.60. The van der Waals surface area contributed by atoms with Gasteiger partial charge < -0.3 is 20.5 Å². The van der Waals surface area contributed by atoms with E-state index in [1.807, 2.05) is 6.07 Å². The molecule has 0 aliphatic heterocycles. The number of carbonyl (C=O) groups excluding carboxylic acids is 4. The molecule has 8 heteroatoms. The summed E-state index contributed by atoms with van der Waals surface area (Å²) in [5.74, 6) is -1.59. The van der Waals surface area contributed by atoms with Gasteiger partial charge in [0.25, 0.3) is 5.91 Å². The van der Waals surface area contributed by atoms with Gasteiger partial charge in [-0.3, -0.25) is 14.4 Å². The van der Waals surface area contributed by atoms with Gasteiger partial charge in [-0.2, -0.15) is 0 Å². The minimum Gasteiger partial charge on any atom is -0.482 e. The summed E-state index contributed by atoms with van der Waals surface area (Å²) in [4.78, 5) is 47.1. The zero-order chi connectivity index (χ0) is 22.9. The number of nitrogens with two attached hydrogens (primary N) is 1. The number of rotatable bonds is 9. The first kappa shape index (κ1) is 22.2. The van der Waals surface area contributed by atoms with Crippen LogP contribution in [0, 0.1) is 0 Å². The summed E-state index contributed by atoms with van der Waals surface area (Å²) in [7, 11) is 0. The Balaban J connectivity index is 1.42. The van der Waals surface area contributed by atoms with Gasteiger partial charge in [0.2, 0.25) is 5.91 Å². The summed E-state index contributed by atoms with van der Waals surface area (Å²) in [6.45, 7) is -0.892. The molecule has 32 heavy (non-hydrogen) atoms. The number of carbonyl (C=O) groups is 4. The maximum Gasteiger partial charge on any atom is 0.344 e. The minimum absolute atomic E-state index is 0.119. The van der Waals surface area contributed by atoms with Crippen LogP contribution in [-0.4, -0.2) is 36.8 Å². The lowest BCUT2D eigenvalue weighted by Crippen LogP contribution is -2.23. The normalized spacial score (nSPS) is 10.1. The molecule has 0 heterocycles. The van der Waals surface area contributed by atoms with Crippen molar-refractivity contribution < 1.29 is 28.7 Å². The Labute approximate surface area is 183 Å². The third-order valence-corrected chi connectivity index (χ3v) is 4.33. The highest BCUT2D eigenvalue weighted by molar-refractivity contribution is 6.09. The van der Waals surface area contributed by atoms with Crippen LogP contribution < -0.4 is 15.8 Å².